The van der Waals surface area contributed by atoms with Gasteiger partial charge in [0, 0.05) is 6.92 Å². The van der Waals surface area contributed by atoms with Crippen molar-refractivity contribution >= 4 is 5.91 Å². The molecule has 0 aliphatic carbocycles. The highest BCUT2D eigenvalue weighted by Crippen LogP contribution is 2.36. The fourth-order valence-corrected chi connectivity index (χ4v) is 7.23. The molecule has 5 rings (SSSR count). The highest BCUT2D eigenvalue weighted by atomic mass is 16.8. The summed E-state index contributed by atoms with van der Waals surface area (Å²) in [6.07, 6.45) is -40.0. The van der Waals surface area contributed by atoms with Crippen molar-refractivity contribution in [3.8, 4) is 0 Å². The van der Waals surface area contributed by atoms with Crippen LogP contribution in [-0.4, -0.2) is 239 Å². The van der Waals surface area contributed by atoms with Crippen LogP contribution in [0.4, 0.5) is 0 Å². The van der Waals surface area contributed by atoms with Crippen LogP contribution in [0.1, 0.15) is 27.7 Å². The fourth-order valence-electron chi connectivity index (χ4n) is 7.23. The molecule has 5 saturated heterocycles. The van der Waals surface area contributed by atoms with E-state index in [0.717, 1.165) is 6.92 Å². The average molecular weight is 822 g/mol. The summed E-state index contributed by atoms with van der Waals surface area (Å²) in [7, 11) is 0. The van der Waals surface area contributed by atoms with Gasteiger partial charge in [-0.25, -0.2) is 0 Å². The highest BCUT2D eigenvalue weighted by Gasteiger charge is 2.56. The van der Waals surface area contributed by atoms with E-state index < -0.39 is 173 Å². The molecule has 24 heteroatoms. The zero-order chi connectivity index (χ0) is 41.5. The third-order valence-corrected chi connectivity index (χ3v) is 10.6. The van der Waals surface area contributed by atoms with Gasteiger partial charge in [-0.1, -0.05) is 0 Å². The van der Waals surface area contributed by atoms with Gasteiger partial charge >= 0.3 is 0 Å². The Morgan fingerprint density at radius 2 is 0.893 bits per heavy atom. The Bertz CT molecular complexity index is 1270. The summed E-state index contributed by atoms with van der Waals surface area (Å²) in [6.45, 7) is 3.62. The SMILES string of the molecule is CC(=O)NC1C(O)OC(CO)C(O)C1OC1OC(C)C(O)C(OC2OC(C)C(O)C(O)C2OC2OC(C)C(O)C(OC3OC(CO)C(O)C(O)C3O)C2O)C1O. The van der Waals surface area contributed by atoms with Crippen LogP contribution in [0.2, 0.25) is 0 Å². The minimum atomic E-state index is -1.98. The second-order valence-electron chi connectivity index (χ2n) is 14.6. The van der Waals surface area contributed by atoms with Crippen LogP contribution in [0.25, 0.3) is 0 Å². The van der Waals surface area contributed by atoms with Crippen molar-refractivity contribution in [2.24, 2.45) is 0 Å². The largest absolute Gasteiger partial charge is 0.394 e. The number of hydrogen-bond acceptors (Lipinski definition) is 23. The van der Waals surface area contributed by atoms with Crippen LogP contribution >= 0.6 is 0 Å². The summed E-state index contributed by atoms with van der Waals surface area (Å²) in [6, 6.07) is -1.43. The van der Waals surface area contributed by atoms with Crippen molar-refractivity contribution < 1.29 is 114 Å². The van der Waals surface area contributed by atoms with Gasteiger partial charge in [0.15, 0.2) is 31.5 Å². The molecular formula is C32H55NO23. The number of carbonyl (C=O) groups is 1. The molecule has 0 saturated carbocycles. The molecule has 56 heavy (non-hydrogen) atoms. The first-order valence-electron chi connectivity index (χ1n) is 18.2. The van der Waals surface area contributed by atoms with E-state index in [9.17, 15) is 71.2 Å². The minimum Gasteiger partial charge on any atom is -0.394 e. The molecule has 0 aromatic carbocycles. The number of ether oxygens (including phenoxy) is 9. The molecule has 24 nitrogen and oxygen atoms in total. The number of hydrogen-bond donors (Lipinski definition) is 14. The van der Waals surface area contributed by atoms with Crippen molar-refractivity contribution in [2.45, 2.75) is 181 Å². The van der Waals surface area contributed by atoms with Crippen molar-refractivity contribution in [2.75, 3.05) is 13.2 Å². The van der Waals surface area contributed by atoms with E-state index in [0.29, 0.717) is 0 Å². The third kappa shape index (κ3) is 9.31. The Balaban J connectivity index is 1.35. The maximum atomic E-state index is 11.9. The molecule has 5 fully saturated rings. The number of aliphatic hydroxyl groups excluding tert-OH is 13. The fraction of sp³-hybridized carbons (Fsp3) is 0.969. The lowest BCUT2D eigenvalue weighted by molar-refractivity contribution is -0.396. The predicted molar refractivity (Wildman–Crippen MR) is 174 cm³/mol. The number of amides is 1. The molecular weight excluding hydrogens is 766 g/mol. The standard InChI is InChI=1S/C32H55NO23/c1-7-14(37)20(43)27(56-31-22(45)25(15(38)8(2)49-31)54-29-21(44)19(42)17(40)11(5-34)52-29)32(50-7)55-26-16(39)9(3)48-30(23(26)46)53-24-13(33-10(4)36)28(47)51-12(6-35)18(24)41/h7-9,11-32,34-35,37-47H,5-6H2,1-4H3,(H,33,36). The first kappa shape index (κ1) is 45.7. The number of carbonyl (C=O) groups excluding carboxylic acids is 1. The average Bonchev–Trinajstić information content (AvgIpc) is 3.15. The van der Waals surface area contributed by atoms with Crippen LogP contribution in [0.5, 0.6) is 0 Å². The van der Waals surface area contributed by atoms with Gasteiger partial charge in [-0.2, -0.15) is 0 Å². The summed E-state index contributed by atoms with van der Waals surface area (Å²) >= 11 is 0. The lowest BCUT2D eigenvalue weighted by atomic mass is 9.95. The van der Waals surface area contributed by atoms with E-state index in [2.05, 4.69) is 5.32 Å². The van der Waals surface area contributed by atoms with Crippen LogP contribution in [0.15, 0.2) is 0 Å². The van der Waals surface area contributed by atoms with Crippen molar-refractivity contribution in [3.05, 3.63) is 0 Å². The Kier molecular flexibility index (Phi) is 15.4. The molecule has 5 heterocycles. The molecule has 0 radical (unpaired) electrons. The second-order valence-corrected chi connectivity index (χ2v) is 14.6. The lowest BCUT2D eigenvalue weighted by Crippen LogP contribution is -2.68. The van der Waals surface area contributed by atoms with Crippen molar-refractivity contribution in [1.29, 1.82) is 0 Å². The van der Waals surface area contributed by atoms with Gasteiger partial charge in [0.2, 0.25) is 5.91 Å². The van der Waals surface area contributed by atoms with E-state index >= 15 is 0 Å². The normalized spacial score (nSPS) is 53.1. The summed E-state index contributed by atoms with van der Waals surface area (Å²) in [5, 5.41) is 141. The van der Waals surface area contributed by atoms with Gasteiger partial charge in [-0.3, -0.25) is 4.79 Å². The molecule has 0 bridgehead atoms. The lowest BCUT2D eigenvalue weighted by Gasteiger charge is -2.49. The Morgan fingerprint density at radius 3 is 1.41 bits per heavy atom. The molecule has 0 aromatic rings. The zero-order valence-corrected chi connectivity index (χ0v) is 30.7. The van der Waals surface area contributed by atoms with Crippen molar-refractivity contribution in [3.63, 3.8) is 0 Å². The van der Waals surface area contributed by atoms with E-state index in [1.165, 1.54) is 20.8 Å². The summed E-state index contributed by atoms with van der Waals surface area (Å²) in [4.78, 5) is 11.9. The predicted octanol–water partition coefficient (Wildman–Crippen LogP) is -8.70. The third-order valence-electron chi connectivity index (χ3n) is 10.6. The Hall–Kier alpha value is -1.41. The van der Waals surface area contributed by atoms with Gasteiger partial charge in [0.05, 0.1) is 31.5 Å². The summed E-state index contributed by atoms with van der Waals surface area (Å²) in [5.74, 6) is -0.658. The van der Waals surface area contributed by atoms with E-state index in [-0.39, 0.29) is 0 Å². The smallest absolute Gasteiger partial charge is 0.217 e. The first-order valence-corrected chi connectivity index (χ1v) is 18.2. The molecule has 25 atom stereocenters. The van der Waals surface area contributed by atoms with Gasteiger partial charge < -0.3 is 114 Å². The quantitative estimate of drug-likeness (QED) is 0.0920. The van der Waals surface area contributed by atoms with Crippen LogP contribution in [0.3, 0.4) is 0 Å². The molecule has 25 unspecified atom stereocenters. The van der Waals surface area contributed by atoms with Crippen LogP contribution < -0.4 is 5.32 Å². The van der Waals surface area contributed by atoms with Gasteiger partial charge in [0.1, 0.15) is 104 Å². The second kappa shape index (κ2) is 18.9. The van der Waals surface area contributed by atoms with Crippen LogP contribution in [-0.2, 0) is 47.4 Å². The number of nitrogens with one attached hydrogen (secondary N) is 1. The van der Waals surface area contributed by atoms with Gasteiger partial charge in [-0.05, 0) is 20.8 Å². The van der Waals surface area contributed by atoms with E-state index in [1.54, 1.807) is 0 Å². The van der Waals surface area contributed by atoms with E-state index in [4.69, 9.17) is 42.6 Å². The van der Waals surface area contributed by atoms with Gasteiger partial charge in [0.25, 0.3) is 0 Å². The maximum absolute atomic E-state index is 11.9. The Morgan fingerprint density at radius 1 is 0.464 bits per heavy atom. The number of aliphatic hydroxyl groups is 13. The summed E-state index contributed by atoms with van der Waals surface area (Å²) < 4.78 is 51.0. The monoisotopic (exact) mass is 821 g/mol. The zero-order valence-electron chi connectivity index (χ0n) is 30.7. The molecule has 0 aromatic heterocycles. The molecule has 1 amide bonds. The molecule has 14 N–H and O–H groups in total. The maximum Gasteiger partial charge on any atom is 0.217 e. The van der Waals surface area contributed by atoms with E-state index in [1.807, 2.05) is 0 Å². The molecule has 5 aliphatic heterocycles. The van der Waals surface area contributed by atoms with Gasteiger partial charge in [-0.15, -0.1) is 0 Å². The molecule has 326 valence electrons. The molecule has 5 aliphatic rings. The molecule has 0 spiro atoms. The van der Waals surface area contributed by atoms with Crippen molar-refractivity contribution in [1.82, 2.24) is 5.32 Å². The highest BCUT2D eigenvalue weighted by molar-refractivity contribution is 5.73. The topological polar surface area (TPSA) is 375 Å². The minimum absolute atomic E-state index is 0.658. The first-order chi connectivity index (χ1) is 26.3. The Labute approximate surface area is 319 Å². The van der Waals surface area contributed by atoms with Crippen LogP contribution in [0, 0.1) is 0 Å². The summed E-state index contributed by atoms with van der Waals surface area (Å²) in [5.41, 5.74) is 0. The number of rotatable bonds is 11.